The quantitative estimate of drug-likeness (QED) is 0.612. The van der Waals surface area contributed by atoms with Gasteiger partial charge in [-0.15, -0.1) is 0 Å². The molecule has 19 heavy (non-hydrogen) atoms. The van der Waals surface area contributed by atoms with E-state index >= 15 is 0 Å². The van der Waals surface area contributed by atoms with Gasteiger partial charge >= 0.3 is 5.97 Å². The topological polar surface area (TPSA) is 37.3 Å². The van der Waals surface area contributed by atoms with Crippen LogP contribution in [0.5, 0.6) is 0 Å². The van der Waals surface area contributed by atoms with E-state index in [4.69, 9.17) is 5.11 Å². The van der Waals surface area contributed by atoms with Crippen molar-refractivity contribution in [2.24, 2.45) is 29.6 Å². The standard InChI is InChI=1S/C17H24O2/c1-2-11(3-4-17(18)19)10-16-14-6-12-5-13(8-14)9-15(16)7-12/h3-4,10,12-16H,2,5-9H2,1H3,(H,18,19)/b4-3+,11-10+. The van der Waals surface area contributed by atoms with Crippen molar-refractivity contribution < 1.29 is 9.90 Å². The SMILES string of the molecule is CCC(/C=C/C(=O)O)=C\C1C2CC3CC(C2)CC1C3. The lowest BCUT2D eigenvalue weighted by Gasteiger charge is -2.54. The van der Waals surface area contributed by atoms with Crippen molar-refractivity contribution in [2.75, 3.05) is 0 Å². The van der Waals surface area contributed by atoms with Crippen LogP contribution in [-0.4, -0.2) is 11.1 Å². The Bertz CT molecular complexity index is 391. The van der Waals surface area contributed by atoms with Crippen molar-refractivity contribution in [1.29, 1.82) is 0 Å². The van der Waals surface area contributed by atoms with Crippen LogP contribution < -0.4 is 0 Å². The van der Waals surface area contributed by atoms with Gasteiger partial charge in [0.25, 0.3) is 0 Å². The molecule has 0 radical (unpaired) electrons. The first-order valence-electron chi connectivity index (χ1n) is 7.77. The third-order valence-corrected chi connectivity index (χ3v) is 5.55. The summed E-state index contributed by atoms with van der Waals surface area (Å²) < 4.78 is 0. The van der Waals surface area contributed by atoms with E-state index < -0.39 is 5.97 Å². The van der Waals surface area contributed by atoms with E-state index in [1.54, 1.807) is 6.08 Å². The highest BCUT2D eigenvalue weighted by Gasteiger charge is 2.47. The second-order valence-electron chi connectivity index (χ2n) is 6.77. The molecule has 0 unspecified atom stereocenters. The molecule has 0 aromatic carbocycles. The van der Waals surface area contributed by atoms with Gasteiger partial charge in [-0.25, -0.2) is 4.79 Å². The Balaban J connectivity index is 1.76. The molecule has 0 aromatic heterocycles. The predicted molar refractivity (Wildman–Crippen MR) is 75.7 cm³/mol. The summed E-state index contributed by atoms with van der Waals surface area (Å²) in [5.41, 5.74) is 1.21. The molecule has 0 aliphatic heterocycles. The molecule has 4 fully saturated rings. The van der Waals surface area contributed by atoms with Gasteiger partial charge in [0, 0.05) is 6.08 Å². The summed E-state index contributed by atoms with van der Waals surface area (Å²) in [4.78, 5) is 10.6. The zero-order chi connectivity index (χ0) is 13.4. The van der Waals surface area contributed by atoms with E-state index in [2.05, 4.69) is 13.0 Å². The summed E-state index contributed by atoms with van der Waals surface area (Å²) in [6.07, 6.45) is 13.6. The molecular formula is C17H24O2. The molecule has 4 aliphatic carbocycles. The minimum Gasteiger partial charge on any atom is -0.478 e. The minimum absolute atomic E-state index is 0.723. The van der Waals surface area contributed by atoms with Gasteiger partial charge in [-0.05, 0) is 68.1 Å². The van der Waals surface area contributed by atoms with Gasteiger partial charge in [-0.2, -0.15) is 0 Å². The van der Waals surface area contributed by atoms with Crippen LogP contribution in [0.3, 0.4) is 0 Å². The maximum atomic E-state index is 10.6. The van der Waals surface area contributed by atoms with Crippen LogP contribution in [0, 0.1) is 29.6 Å². The van der Waals surface area contributed by atoms with Gasteiger partial charge in [0.05, 0.1) is 0 Å². The number of carboxylic acids is 1. The number of rotatable bonds is 4. The monoisotopic (exact) mass is 260 g/mol. The average Bonchev–Trinajstić information content (AvgIpc) is 2.36. The molecule has 0 spiro atoms. The van der Waals surface area contributed by atoms with Crippen molar-refractivity contribution in [3.8, 4) is 0 Å². The second-order valence-corrected chi connectivity index (χ2v) is 6.77. The Morgan fingerprint density at radius 1 is 1.05 bits per heavy atom. The van der Waals surface area contributed by atoms with Gasteiger partial charge in [0.15, 0.2) is 0 Å². The number of allylic oxidation sites excluding steroid dienone is 3. The number of carboxylic acid groups (broad SMARTS) is 1. The summed E-state index contributed by atoms with van der Waals surface area (Å²) in [7, 11) is 0. The Morgan fingerprint density at radius 2 is 1.63 bits per heavy atom. The Hall–Kier alpha value is -1.05. The number of hydrogen-bond acceptors (Lipinski definition) is 1. The summed E-state index contributed by atoms with van der Waals surface area (Å²) in [5, 5.41) is 8.75. The van der Waals surface area contributed by atoms with E-state index in [0.717, 1.165) is 36.0 Å². The lowest BCUT2D eigenvalue weighted by Crippen LogP contribution is -2.44. The summed E-state index contributed by atoms with van der Waals surface area (Å²) in [6, 6.07) is 0. The molecule has 4 aliphatic rings. The molecule has 1 N–H and O–H groups in total. The van der Waals surface area contributed by atoms with E-state index in [9.17, 15) is 4.79 Å². The molecule has 4 rings (SSSR count). The largest absolute Gasteiger partial charge is 0.478 e. The molecule has 0 heterocycles. The number of hydrogen-bond donors (Lipinski definition) is 1. The van der Waals surface area contributed by atoms with Crippen molar-refractivity contribution in [1.82, 2.24) is 0 Å². The summed E-state index contributed by atoms with van der Waals surface area (Å²) >= 11 is 0. The molecule has 4 saturated carbocycles. The first-order chi connectivity index (χ1) is 9.15. The van der Waals surface area contributed by atoms with E-state index in [-0.39, 0.29) is 0 Å². The zero-order valence-electron chi connectivity index (χ0n) is 11.7. The summed E-state index contributed by atoms with van der Waals surface area (Å²) in [6.45, 7) is 2.12. The minimum atomic E-state index is -0.843. The molecule has 0 amide bonds. The fraction of sp³-hybridized carbons (Fsp3) is 0.706. The fourth-order valence-electron chi connectivity index (χ4n) is 4.96. The highest BCUT2D eigenvalue weighted by atomic mass is 16.4. The third kappa shape index (κ3) is 2.63. The van der Waals surface area contributed by atoms with Gasteiger partial charge in [-0.1, -0.05) is 24.6 Å². The van der Waals surface area contributed by atoms with Crippen LogP contribution >= 0.6 is 0 Å². The molecule has 2 nitrogen and oxygen atoms in total. The highest BCUT2D eigenvalue weighted by molar-refractivity contribution is 5.80. The van der Waals surface area contributed by atoms with Crippen molar-refractivity contribution in [3.63, 3.8) is 0 Å². The predicted octanol–water partition coefficient (Wildman–Crippen LogP) is 4.04. The second kappa shape index (κ2) is 5.15. The van der Waals surface area contributed by atoms with Gasteiger partial charge < -0.3 is 5.11 Å². The Kier molecular flexibility index (Phi) is 3.51. The number of aliphatic carboxylic acids is 1. The molecule has 104 valence electrons. The Morgan fingerprint density at radius 3 is 2.11 bits per heavy atom. The first-order valence-corrected chi connectivity index (χ1v) is 7.77. The molecule has 4 bridgehead atoms. The first kappa shape index (κ1) is 13.0. The molecular weight excluding hydrogens is 236 g/mol. The smallest absolute Gasteiger partial charge is 0.328 e. The lowest BCUT2D eigenvalue weighted by atomic mass is 9.52. The van der Waals surface area contributed by atoms with Gasteiger partial charge in [0.2, 0.25) is 0 Å². The molecule has 2 heteroatoms. The average molecular weight is 260 g/mol. The maximum absolute atomic E-state index is 10.6. The molecule has 0 aromatic rings. The van der Waals surface area contributed by atoms with Gasteiger partial charge in [-0.3, -0.25) is 0 Å². The van der Waals surface area contributed by atoms with Crippen molar-refractivity contribution in [3.05, 3.63) is 23.8 Å². The molecule has 0 atom stereocenters. The van der Waals surface area contributed by atoms with Crippen molar-refractivity contribution in [2.45, 2.75) is 45.4 Å². The van der Waals surface area contributed by atoms with Crippen LogP contribution in [-0.2, 0) is 4.79 Å². The van der Waals surface area contributed by atoms with Gasteiger partial charge in [0.1, 0.15) is 0 Å². The van der Waals surface area contributed by atoms with Crippen LogP contribution in [0.1, 0.15) is 45.4 Å². The van der Waals surface area contributed by atoms with E-state index in [1.165, 1.54) is 43.8 Å². The third-order valence-electron chi connectivity index (χ3n) is 5.55. The van der Waals surface area contributed by atoms with E-state index in [0.29, 0.717) is 0 Å². The van der Waals surface area contributed by atoms with E-state index in [1.807, 2.05) is 0 Å². The van der Waals surface area contributed by atoms with Crippen LogP contribution in [0.2, 0.25) is 0 Å². The fourth-order valence-corrected chi connectivity index (χ4v) is 4.96. The van der Waals surface area contributed by atoms with Crippen LogP contribution in [0.15, 0.2) is 23.8 Å². The lowest BCUT2D eigenvalue weighted by molar-refractivity contribution is -0.131. The molecule has 0 saturated heterocycles. The van der Waals surface area contributed by atoms with Crippen molar-refractivity contribution >= 4 is 5.97 Å². The maximum Gasteiger partial charge on any atom is 0.328 e. The summed E-state index contributed by atoms with van der Waals surface area (Å²) in [5.74, 6) is 3.66. The zero-order valence-corrected chi connectivity index (χ0v) is 11.7. The van der Waals surface area contributed by atoms with Crippen LogP contribution in [0.4, 0.5) is 0 Å². The van der Waals surface area contributed by atoms with Crippen LogP contribution in [0.25, 0.3) is 0 Å². The Labute approximate surface area is 115 Å². The normalized spacial score (nSPS) is 41.1. The number of carbonyl (C=O) groups is 1. The highest BCUT2D eigenvalue weighted by Crippen LogP contribution is 2.57.